The molecule has 2 aromatic heterocycles. The van der Waals surface area contributed by atoms with Gasteiger partial charge >= 0.3 is 5.97 Å². The van der Waals surface area contributed by atoms with Gasteiger partial charge in [-0.15, -0.1) is 0 Å². The Hall–Kier alpha value is -3.18. The lowest BCUT2D eigenvalue weighted by molar-refractivity contribution is -0.155. The predicted octanol–water partition coefficient (Wildman–Crippen LogP) is 4.07. The van der Waals surface area contributed by atoms with Crippen molar-refractivity contribution in [2.75, 3.05) is 11.9 Å². The van der Waals surface area contributed by atoms with E-state index >= 15 is 0 Å². The summed E-state index contributed by atoms with van der Waals surface area (Å²) in [6, 6.07) is 6.99. The number of nitrogens with one attached hydrogen (secondary N) is 2. The molecule has 1 aliphatic heterocycles. The minimum absolute atomic E-state index is 0.0573. The van der Waals surface area contributed by atoms with Gasteiger partial charge < -0.3 is 15.0 Å². The highest BCUT2D eigenvalue weighted by Crippen LogP contribution is 2.37. The van der Waals surface area contributed by atoms with E-state index < -0.39 is 21.6 Å². The van der Waals surface area contributed by atoms with Gasteiger partial charge in [0.2, 0.25) is 10.0 Å². The molecule has 1 aliphatic carbocycles. The summed E-state index contributed by atoms with van der Waals surface area (Å²) >= 11 is 0. The van der Waals surface area contributed by atoms with Crippen molar-refractivity contribution in [3.63, 3.8) is 0 Å². The average Bonchev–Trinajstić information content (AvgIpc) is 3.28. The van der Waals surface area contributed by atoms with Gasteiger partial charge in [-0.2, -0.15) is 9.40 Å². The second-order valence-electron chi connectivity index (χ2n) is 11.0. The van der Waals surface area contributed by atoms with Gasteiger partial charge in [0.05, 0.1) is 16.5 Å². The van der Waals surface area contributed by atoms with E-state index in [0.29, 0.717) is 28.4 Å². The minimum atomic E-state index is -3.81. The number of esters is 1. The zero-order valence-corrected chi connectivity index (χ0v) is 22.4. The number of aromatic nitrogens is 3. The SMILES string of the molecule is C[C@H]1CCCC[C@@H]1n1nc(Nc2ccc3c(c2)CN(CC(=O)OC(C)(C)C)S3(=O)=O)c2c(=O)[nH]ccc21. The van der Waals surface area contributed by atoms with Crippen molar-refractivity contribution in [3.05, 3.63) is 46.4 Å². The Morgan fingerprint density at radius 3 is 2.70 bits per heavy atom. The zero-order valence-electron chi connectivity index (χ0n) is 21.6. The van der Waals surface area contributed by atoms with Crippen molar-refractivity contribution in [2.45, 2.75) is 76.5 Å². The highest BCUT2D eigenvalue weighted by Gasteiger charge is 2.37. The van der Waals surface area contributed by atoms with Crippen molar-refractivity contribution in [2.24, 2.45) is 5.92 Å². The first-order valence-corrected chi connectivity index (χ1v) is 14.1. The first-order valence-electron chi connectivity index (χ1n) is 12.7. The van der Waals surface area contributed by atoms with E-state index in [2.05, 4.69) is 17.2 Å². The van der Waals surface area contributed by atoms with Gasteiger partial charge in [0, 0.05) is 18.4 Å². The lowest BCUT2D eigenvalue weighted by Gasteiger charge is -2.29. The van der Waals surface area contributed by atoms with Crippen LogP contribution in [0.15, 0.2) is 40.2 Å². The van der Waals surface area contributed by atoms with Gasteiger partial charge in [-0.05, 0) is 69.4 Å². The number of carbonyl (C=O) groups is 1. The van der Waals surface area contributed by atoms with Gasteiger partial charge in [-0.3, -0.25) is 14.3 Å². The smallest absolute Gasteiger partial charge is 0.321 e. The Morgan fingerprint density at radius 2 is 1.97 bits per heavy atom. The number of rotatable bonds is 5. The standard InChI is InChI=1S/C26H33N5O5S/c1-16-7-5-6-8-19(16)31-20-11-12-27-25(33)23(20)24(29-31)28-18-9-10-21-17(13-18)14-30(37(21,34)35)15-22(32)36-26(2,3)4/h9-13,16,19H,5-8,14-15H2,1-4H3,(H,27,33)(H,28,29)/t16-,19-/m0/s1. The Morgan fingerprint density at radius 1 is 1.22 bits per heavy atom. The van der Waals surface area contributed by atoms with E-state index in [1.165, 1.54) is 12.5 Å². The molecule has 1 aromatic carbocycles. The number of pyridine rings is 1. The van der Waals surface area contributed by atoms with E-state index in [-0.39, 0.29) is 29.6 Å². The number of nitrogens with zero attached hydrogens (tertiary/aromatic N) is 3. The van der Waals surface area contributed by atoms with Crippen molar-refractivity contribution >= 4 is 38.4 Å². The molecule has 198 valence electrons. The molecule has 5 rings (SSSR count). The summed E-state index contributed by atoms with van der Waals surface area (Å²) in [5, 5.41) is 8.55. The fourth-order valence-electron chi connectivity index (χ4n) is 5.34. The summed E-state index contributed by atoms with van der Waals surface area (Å²) in [5.74, 6) is 0.279. The molecular formula is C26H33N5O5S. The lowest BCUT2D eigenvalue weighted by Crippen LogP contribution is -2.35. The monoisotopic (exact) mass is 527 g/mol. The van der Waals surface area contributed by atoms with Crippen LogP contribution in [0.2, 0.25) is 0 Å². The largest absolute Gasteiger partial charge is 0.459 e. The third kappa shape index (κ3) is 4.89. The molecule has 0 amide bonds. The molecular weight excluding hydrogens is 494 g/mol. The third-order valence-corrected chi connectivity index (χ3v) is 8.92. The normalized spacial score (nSPS) is 21.6. The lowest BCUT2D eigenvalue weighted by atomic mass is 9.86. The molecule has 2 atom stereocenters. The molecule has 11 heteroatoms. The van der Waals surface area contributed by atoms with Crippen LogP contribution in [0.25, 0.3) is 10.9 Å². The number of hydrogen-bond donors (Lipinski definition) is 2. The molecule has 2 aliphatic rings. The van der Waals surface area contributed by atoms with Crippen molar-refractivity contribution < 1.29 is 17.9 Å². The van der Waals surface area contributed by atoms with E-state index in [1.54, 1.807) is 39.1 Å². The Kier molecular flexibility index (Phi) is 6.39. The maximum atomic E-state index is 13.0. The third-order valence-electron chi connectivity index (χ3n) is 7.02. The maximum Gasteiger partial charge on any atom is 0.321 e. The molecule has 0 spiro atoms. The van der Waals surface area contributed by atoms with E-state index in [1.807, 2.05) is 10.7 Å². The van der Waals surface area contributed by atoms with E-state index in [9.17, 15) is 18.0 Å². The van der Waals surface area contributed by atoms with Crippen molar-refractivity contribution in [1.82, 2.24) is 19.1 Å². The average molecular weight is 528 g/mol. The maximum absolute atomic E-state index is 13.0. The van der Waals surface area contributed by atoms with Crippen LogP contribution in [0.3, 0.4) is 0 Å². The number of sulfonamides is 1. The van der Waals surface area contributed by atoms with Crippen LogP contribution in [0.5, 0.6) is 0 Å². The number of fused-ring (bicyclic) bond motifs is 2. The number of anilines is 2. The predicted molar refractivity (Wildman–Crippen MR) is 140 cm³/mol. The summed E-state index contributed by atoms with van der Waals surface area (Å²) < 4.78 is 34.4. The Labute approximate surface area is 216 Å². The highest BCUT2D eigenvalue weighted by atomic mass is 32.2. The number of aromatic amines is 1. The summed E-state index contributed by atoms with van der Waals surface area (Å²) in [4.78, 5) is 28.0. The second-order valence-corrected chi connectivity index (χ2v) is 12.9. The van der Waals surface area contributed by atoms with Gasteiger partial charge in [-0.25, -0.2) is 8.42 Å². The fraction of sp³-hybridized carbons (Fsp3) is 0.500. The van der Waals surface area contributed by atoms with E-state index in [0.717, 1.165) is 29.1 Å². The van der Waals surface area contributed by atoms with Crippen LogP contribution in [-0.2, 0) is 26.1 Å². The van der Waals surface area contributed by atoms with Crippen LogP contribution in [-0.4, -0.2) is 45.6 Å². The van der Waals surface area contributed by atoms with Crippen molar-refractivity contribution in [3.8, 4) is 0 Å². The molecule has 0 bridgehead atoms. The number of hydrogen-bond acceptors (Lipinski definition) is 7. The first-order chi connectivity index (χ1) is 17.4. The summed E-state index contributed by atoms with van der Waals surface area (Å²) in [6.45, 7) is 7.13. The van der Waals surface area contributed by atoms with Crippen molar-refractivity contribution in [1.29, 1.82) is 0 Å². The molecule has 0 unspecified atom stereocenters. The van der Waals surface area contributed by atoms with Crippen LogP contribution in [0.1, 0.15) is 65.0 Å². The van der Waals surface area contributed by atoms with Gasteiger partial charge in [0.15, 0.2) is 5.82 Å². The highest BCUT2D eigenvalue weighted by molar-refractivity contribution is 7.89. The summed E-state index contributed by atoms with van der Waals surface area (Å²) in [6.07, 6.45) is 6.10. The topological polar surface area (TPSA) is 126 Å². The molecule has 1 saturated carbocycles. The van der Waals surface area contributed by atoms with Gasteiger partial charge in [-0.1, -0.05) is 19.8 Å². The van der Waals surface area contributed by atoms with E-state index in [4.69, 9.17) is 9.84 Å². The minimum Gasteiger partial charge on any atom is -0.459 e. The molecule has 0 radical (unpaired) electrons. The quantitative estimate of drug-likeness (QED) is 0.479. The van der Waals surface area contributed by atoms with Crippen LogP contribution in [0.4, 0.5) is 11.5 Å². The number of benzene rings is 1. The Bertz CT molecular complexity index is 1520. The Balaban J connectivity index is 1.44. The number of ether oxygens (including phenoxy) is 1. The summed E-state index contributed by atoms with van der Waals surface area (Å²) in [5.41, 5.74) is 1.01. The molecule has 10 nitrogen and oxygen atoms in total. The molecule has 3 aromatic rings. The first kappa shape index (κ1) is 25.5. The second kappa shape index (κ2) is 9.29. The van der Waals surface area contributed by atoms with Crippen LogP contribution in [0, 0.1) is 5.92 Å². The molecule has 0 saturated heterocycles. The molecule has 2 N–H and O–H groups in total. The number of H-pyrrole nitrogens is 1. The molecule has 37 heavy (non-hydrogen) atoms. The fourth-order valence-corrected chi connectivity index (χ4v) is 6.90. The zero-order chi connectivity index (χ0) is 26.5. The van der Waals surface area contributed by atoms with Crippen LogP contribution < -0.4 is 10.9 Å². The van der Waals surface area contributed by atoms with Gasteiger partial charge in [0.25, 0.3) is 5.56 Å². The molecule has 3 heterocycles. The summed E-state index contributed by atoms with van der Waals surface area (Å²) in [7, 11) is -3.81. The van der Waals surface area contributed by atoms with Gasteiger partial charge in [0.1, 0.15) is 17.5 Å². The molecule has 1 fully saturated rings. The van der Waals surface area contributed by atoms with Crippen LogP contribution >= 0.6 is 0 Å². The number of carbonyl (C=O) groups excluding carboxylic acids is 1.